The summed E-state index contributed by atoms with van der Waals surface area (Å²) in [6.45, 7) is 8.80. The fraction of sp³-hybridized carbons (Fsp3) is 0.375. The van der Waals surface area contributed by atoms with Crippen LogP contribution in [0.1, 0.15) is 20.8 Å². The van der Waals surface area contributed by atoms with Gasteiger partial charge in [-0.3, -0.25) is 4.79 Å². The fourth-order valence-corrected chi connectivity index (χ4v) is 0.431. The van der Waals surface area contributed by atoms with Gasteiger partial charge < -0.3 is 0 Å². The van der Waals surface area contributed by atoms with Gasteiger partial charge in [-0.15, -0.1) is 0 Å². The number of carbonyl (C=O) groups is 1. The Labute approximate surface area is 56.1 Å². The molecule has 0 unspecified atom stereocenters. The zero-order valence-corrected chi connectivity index (χ0v) is 6.19. The molecule has 0 aromatic rings. The third kappa shape index (κ3) is 2.27. The van der Waals surface area contributed by atoms with Crippen LogP contribution in [-0.2, 0) is 4.79 Å². The van der Waals surface area contributed by atoms with Crippen LogP contribution in [0, 0.1) is 0 Å². The summed E-state index contributed by atoms with van der Waals surface area (Å²) in [6, 6.07) is 0. The Morgan fingerprint density at radius 3 is 1.89 bits per heavy atom. The van der Waals surface area contributed by atoms with Gasteiger partial charge in [-0.05, 0) is 31.9 Å². The lowest BCUT2D eigenvalue weighted by Gasteiger charge is -1.95. The van der Waals surface area contributed by atoms with Gasteiger partial charge >= 0.3 is 0 Å². The molecule has 9 heavy (non-hydrogen) atoms. The quantitative estimate of drug-likeness (QED) is 0.407. The van der Waals surface area contributed by atoms with Crippen molar-refractivity contribution in [2.24, 2.45) is 0 Å². The minimum absolute atomic E-state index is 0.118. The van der Waals surface area contributed by atoms with Crippen molar-refractivity contribution in [2.75, 3.05) is 0 Å². The lowest BCUT2D eigenvalue weighted by molar-refractivity contribution is -0.113. The Balaban J connectivity index is 4.47. The van der Waals surface area contributed by atoms with Crippen molar-refractivity contribution in [3.8, 4) is 0 Å². The van der Waals surface area contributed by atoms with E-state index in [2.05, 4.69) is 6.58 Å². The van der Waals surface area contributed by atoms with E-state index >= 15 is 0 Å². The molecule has 0 N–H and O–H groups in total. The number of carbonyl (C=O) groups excluding carboxylic acids is 1. The molecule has 1 heteroatoms. The van der Waals surface area contributed by atoms with E-state index in [9.17, 15) is 4.79 Å². The molecule has 0 rings (SSSR count). The summed E-state index contributed by atoms with van der Waals surface area (Å²) in [5.74, 6) is 0.118. The van der Waals surface area contributed by atoms with Crippen LogP contribution in [0.15, 0.2) is 23.8 Å². The van der Waals surface area contributed by atoms with Crippen LogP contribution in [0.3, 0.4) is 0 Å². The highest BCUT2D eigenvalue weighted by atomic mass is 16.1. The molecule has 0 saturated carbocycles. The highest BCUT2D eigenvalue weighted by Crippen LogP contribution is 2.03. The van der Waals surface area contributed by atoms with Crippen molar-refractivity contribution in [1.82, 2.24) is 0 Å². The molecule has 1 nitrogen and oxygen atoms in total. The molecular weight excluding hydrogens is 112 g/mol. The Morgan fingerprint density at radius 2 is 1.78 bits per heavy atom. The van der Waals surface area contributed by atoms with Gasteiger partial charge in [0.2, 0.25) is 0 Å². The lowest BCUT2D eigenvalue weighted by atomic mass is 10.1. The average Bonchev–Trinajstić information content (AvgIpc) is 1.84. The third-order valence-electron chi connectivity index (χ3n) is 1.43. The molecule has 0 aliphatic heterocycles. The van der Waals surface area contributed by atoms with Crippen molar-refractivity contribution in [2.45, 2.75) is 20.8 Å². The molecular formula is C8H12O. The number of ketones is 1. The molecule has 0 radical (unpaired) electrons. The van der Waals surface area contributed by atoms with Gasteiger partial charge in [0, 0.05) is 0 Å². The summed E-state index contributed by atoms with van der Waals surface area (Å²) in [7, 11) is 0. The topological polar surface area (TPSA) is 17.1 Å². The molecule has 0 aromatic heterocycles. The number of hydrogen-bond donors (Lipinski definition) is 0. The van der Waals surface area contributed by atoms with Gasteiger partial charge in [0.25, 0.3) is 0 Å². The van der Waals surface area contributed by atoms with Crippen molar-refractivity contribution >= 4 is 5.78 Å². The zero-order valence-electron chi connectivity index (χ0n) is 6.19. The number of hydrogen-bond acceptors (Lipinski definition) is 1. The molecule has 0 fully saturated rings. The molecule has 0 aliphatic rings. The maximum Gasteiger partial charge on any atom is 0.155 e. The Bertz CT molecular complexity index is 163. The molecule has 0 bridgehead atoms. The minimum Gasteiger partial charge on any atom is -0.295 e. The van der Waals surface area contributed by atoms with E-state index < -0.39 is 0 Å². The average molecular weight is 124 g/mol. The first-order valence-electron chi connectivity index (χ1n) is 2.90. The van der Waals surface area contributed by atoms with Crippen LogP contribution in [0.2, 0.25) is 0 Å². The zero-order chi connectivity index (χ0) is 7.44. The van der Waals surface area contributed by atoms with Crippen LogP contribution >= 0.6 is 0 Å². The monoisotopic (exact) mass is 124 g/mol. The second-order valence-corrected chi connectivity index (χ2v) is 2.07. The summed E-state index contributed by atoms with van der Waals surface area (Å²) in [6.07, 6.45) is 1.69. The van der Waals surface area contributed by atoms with Crippen molar-refractivity contribution in [3.05, 3.63) is 23.8 Å². The third-order valence-corrected chi connectivity index (χ3v) is 1.43. The van der Waals surface area contributed by atoms with Crippen LogP contribution in [0.4, 0.5) is 0 Å². The van der Waals surface area contributed by atoms with E-state index in [0.29, 0.717) is 0 Å². The maximum absolute atomic E-state index is 10.6. The van der Waals surface area contributed by atoms with Crippen molar-refractivity contribution < 1.29 is 4.79 Å². The number of allylic oxidation sites excluding steroid dienone is 3. The van der Waals surface area contributed by atoms with Crippen LogP contribution in [0.5, 0.6) is 0 Å². The molecule has 0 spiro atoms. The summed E-state index contributed by atoms with van der Waals surface area (Å²) in [5.41, 5.74) is 1.76. The first-order chi connectivity index (χ1) is 4.09. The van der Waals surface area contributed by atoms with Gasteiger partial charge in [0.1, 0.15) is 0 Å². The lowest BCUT2D eigenvalue weighted by Crippen LogP contribution is -1.93. The standard InChI is InChI=1S/C8H12O/c1-5-6(2)7(3)8(4)9/h5H,1H2,2-4H3/b7-6-. The molecule has 50 valence electrons. The fourth-order valence-electron chi connectivity index (χ4n) is 0.431. The van der Waals surface area contributed by atoms with E-state index in [1.807, 2.05) is 6.92 Å². The van der Waals surface area contributed by atoms with E-state index in [1.165, 1.54) is 0 Å². The highest BCUT2D eigenvalue weighted by Gasteiger charge is 1.96. The van der Waals surface area contributed by atoms with Gasteiger partial charge in [-0.25, -0.2) is 0 Å². The normalized spacial score (nSPS) is 12.3. The molecule has 0 aliphatic carbocycles. The maximum atomic E-state index is 10.6. The predicted octanol–water partition coefficient (Wildman–Crippen LogP) is 2.10. The SMILES string of the molecule is C=C/C(C)=C(/C)C(C)=O. The minimum atomic E-state index is 0.118. The molecule has 0 amide bonds. The smallest absolute Gasteiger partial charge is 0.155 e. The molecule has 0 atom stereocenters. The predicted molar refractivity (Wildman–Crippen MR) is 39.3 cm³/mol. The molecule has 0 aromatic carbocycles. The summed E-state index contributed by atoms with van der Waals surface area (Å²) >= 11 is 0. The molecule has 0 heterocycles. The second-order valence-electron chi connectivity index (χ2n) is 2.07. The summed E-state index contributed by atoms with van der Waals surface area (Å²) in [4.78, 5) is 10.6. The van der Waals surface area contributed by atoms with Gasteiger partial charge in [0.15, 0.2) is 5.78 Å². The first kappa shape index (κ1) is 8.15. The summed E-state index contributed by atoms with van der Waals surface area (Å²) < 4.78 is 0. The number of rotatable bonds is 2. The van der Waals surface area contributed by atoms with E-state index in [1.54, 1.807) is 19.9 Å². The van der Waals surface area contributed by atoms with Gasteiger partial charge in [-0.1, -0.05) is 12.7 Å². The first-order valence-corrected chi connectivity index (χ1v) is 2.90. The van der Waals surface area contributed by atoms with Gasteiger partial charge in [0.05, 0.1) is 0 Å². The van der Waals surface area contributed by atoms with Crippen LogP contribution in [0.25, 0.3) is 0 Å². The van der Waals surface area contributed by atoms with E-state index in [-0.39, 0.29) is 5.78 Å². The second kappa shape index (κ2) is 3.23. The van der Waals surface area contributed by atoms with Crippen LogP contribution in [-0.4, -0.2) is 5.78 Å². The Hall–Kier alpha value is -0.850. The largest absolute Gasteiger partial charge is 0.295 e. The van der Waals surface area contributed by atoms with E-state index in [0.717, 1.165) is 11.1 Å². The van der Waals surface area contributed by atoms with Crippen molar-refractivity contribution in [3.63, 3.8) is 0 Å². The Morgan fingerprint density at radius 1 is 1.33 bits per heavy atom. The molecule has 0 saturated heterocycles. The highest BCUT2D eigenvalue weighted by molar-refractivity contribution is 5.93. The summed E-state index contributed by atoms with van der Waals surface area (Å²) in [5, 5.41) is 0. The Kier molecular flexibility index (Phi) is 2.93. The van der Waals surface area contributed by atoms with Crippen molar-refractivity contribution in [1.29, 1.82) is 0 Å². The van der Waals surface area contributed by atoms with Gasteiger partial charge in [-0.2, -0.15) is 0 Å². The van der Waals surface area contributed by atoms with E-state index in [4.69, 9.17) is 0 Å². The number of Topliss-reactive ketones (excluding diaryl/α,β-unsaturated/α-hetero) is 1. The van der Waals surface area contributed by atoms with Crippen LogP contribution < -0.4 is 0 Å².